The minimum Gasteiger partial charge on any atom is -0.469 e. The van der Waals surface area contributed by atoms with Crippen LogP contribution in [0.25, 0.3) is 0 Å². The number of methoxy groups -OCH3 is 1. The van der Waals surface area contributed by atoms with Gasteiger partial charge in [-0.15, -0.1) is 0 Å². The average Bonchev–Trinajstić information content (AvgIpc) is 3.57. The molecule has 0 aromatic carbocycles. The summed E-state index contributed by atoms with van der Waals surface area (Å²) in [6.45, 7) is 4.97. The Kier molecular flexibility index (Phi) is 4.80. The van der Waals surface area contributed by atoms with Gasteiger partial charge < -0.3 is 14.1 Å². The van der Waals surface area contributed by atoms with Crippen molar-refractivity contribution in [2.24, 2.45) is 28.1 Å². The molecular formula is C29H35N3O4. The maximum Gasteiger partial charge on any atom is 0.312 e. The highest BCUT2D eigenvalue weighted by Gasteiger charge is 2.86. The number of esters is 1. The van der Waals surface area contributed by atoms with E-state index in [2.05, 4.69) is 9.88 Å². The van der Waals surface area contributed by atoms with Gasteiger partial charge in [0, 0.05) is 31.9 Å². The number of piperidine rings is 1. The number of carbonyl (C=O) groups excluding carboxylic acids is 2. The predicted octanol–water partition coefficient (Wildman–Crippen LogP) is 4.46. The lowest BCUT2D eigenvalue weighted by Crippen LogP contribution is -2.69. The molecule has 3 heterocycles. The second-order valence-electron chi connectivity index (χ2n) is 12.4. The van der Waals surface area contributed by atoms with E-state index >= 15 is 0 Å². The van der Waals surface area contributed by atoms with Crippen molar-refractivity contribution in [3.63, 3.8) is 0 Å². The third-order valence-corrected chi connectivity index (χ3v) is 10.7. The fourth-order valence-electron chi connectivity index (χ4n) is 9.52. The number of fused-ring (bicyclic) bond motifs is 1. The zero-order valence-electron chi connectivity index (χ0n) is 21.2. The van der Waals surface area contributed by atoms with E-state index in [-0.39, 0.29) is 34.2 Å². The number of furan rings is 1. The Morgan fingerprint density at radius 2 is 1.97 bits per heavy atom. The van der Waals surface area contributed by atoms with Crippen molar-refractivity contribution in [2.45, 2.75) is 57.9 Å². The molecule has 5 atom stereocenters. The molecule has 4 saturated carbocycles. The highest BCUT2D eigenvalue weighted by atomic mass is 16.5. The van der Waals surface area contributed by atoms with E-state index < -0.39 is 0 Å². The Morgan fingerprint density at radius 1 is 1.17 bits per heavy atom. The molecule has 1 aliphatic heterocycles. The van der Waals surface area contributed by atoms with E-state index in [9.17, 15) is 9.59 Å². The Balaban J connectivity index is 1.07. The molecule has 36 heavy (non-hydrogen) atoms. The summed E-state index contributed by atoms with van der Waals surface area (Å²) in [5.74, 6) is 2.43. The molecule has 5 aliphatic rings. The summed E-state index contributed by atoms with van der Waals surface area (Å²) >= 11 is 0. The van der Waals surface area contributed by atoms with E-state index in [1.807, 2.05) is 30.2 Å². The Bertz CT molecular complexity index is 1190. The van der Waals surface area contributed by atoms with Crippen LogP contribution in [-0.4, -0.2) is 54.5 Å². The SMILES string of the molecule is COC(=O)C12CC3CC4CC(CN5CCC(N(C(=O)c6ccco6)c6ccc(C)cn6)CC5)(C1)CC432. The first kappa shape index (κ1) is 22.5. The summed E-state index contributed by atoms with van der Waals surface area (Å²) in [5, 5.41) is 0. The van der Waals surface area contributed by atoms with Gasteiger partial charge in [0.2, 0.25) is 0 Å². The second kappa shape index (κ2) is 7.67. The highest BCUT2D eigenvalue weighted by molar-refractivity contribution is 6.04. The number of nitrogens with zero attached hydrogens (tertiary/aromatic N) is 3. The third kappa shape index (κ3) is 2.86. The van der Waals surface area contributed by atoms with Gasteiger partial charge in [-0.2, -0.15) is 0 Å². The van der Waals surface area contributed by atoms with E-state index in [1.54, 1.807) is 25.5 Å². The van der Waals surface area contributed by atoms with Gasteiger partial charge in [0.05, 0.1) is 18.8 Å². The van der Waals surface area contributed by atoms with Crippen molar-refractivity contribution in [3.8, 4) is 0 Å². The molecule has 7 heteroatoms. The van der Waals surface area contributed by atoms with Crippen LogP contribution >= 0.6 is 0 Å². The Labute approximate surface area is 212 Å². The van der Waals surface area contributed by atoms with E-state index in [0.717, 1.165) is 62.7 Å². The summed E-state index contributed by atoms with van der Waals surface area (Å²) in [6, 6.07) is 7.50. The third-order valence-electron chi connectivity index (χ3n) is 10.7. The predicted molar refractivity (Wildman–Crippen MR) is 133 cm³/mol. The fourth-order valence-corrected chi connectivity index (χ4v) is 9.52. The van der Waals surface area contributed by atoms with E-state index in [1.165, 1.54) is 19.3 Å². The summed E-state index contributed by atoms with van der Waals surface area (Å²) in [4.78, 5) is 35.4. The lowest BCUT2D eigenvalue weighted by atomic mass is 9.32. The summed E-state index contributed by atoms with van der Waals surface area (Å²) in [7, 11) is 1.57. The molecule has 7 nitrogen and oxygen atoms in total. The molecule has 190 valence electrons. The molecule has 1 saturated heterocycles. The molecule has 7 rings (SSSR count). The lowest BCUT2D eigenvalue weighted by Gasteiger charge is -2.71. The zero-order valence-corrected chi connectivity index (χ0v) is 21.2. The smallest absolute Gasteiger partial charge is 0.312 e. The monoisotopic (exact) mass is 489 g/mol. The number of aromatic nitrogens is 1. The van der Waals surface area contributed by atoms with Crippen LogP contribution in [0.5, 0.6) is 0 Å². The number of rotatable bonds is 6. The van der Waals surface area contributed by atoms with Gasteiger partial charge in [0.25, 0.3) is 5.91 Å². The van der Waals surface area contributed by atoms with Crippen molar-refractivity contribution >= 4 is 17.7 Å². The second-order valence-corrected chi connectivity index (χ2v) is 12.4. The van der Waals surface area contributed by atoms with Crippen LogP contribution in [0, 0.1) is 35.0 Å². The van der Waals surface area contributed by atoms with Crippen molar-refractivity contribution in [3.05, 3.63) is 48.0 Å². The van der Waals surface area contributed by atoms with Crippen molar-refractivity contribution < 1.29 is 18.7 Å². The molecule has 5 unspecified atom stereocenters. The maximum atomic E-state index is 13.4. The van der Waals surface area contributed by atoms with Crippen LogP contribution in [0.3, 0.4) is 0 Å². The molecule has 5 fully saturated rings. The number of pyridine rings is 1. The van der Waals surface area contributed by atoms with Crippen molar-refractivity contribution in [1.29, 1.82) is 0 Å². The summed E-state index contributed by atoms with van der Waals surface area (Å²) in [5.41, 5.74) is 1.37. The van der Waals surface area contributed by atoms with Gasteiger partial charge in [-0.05, 0) is 98.3 Å². The molecule has 2 aromatic rings. The molecule has 4 aliphatic carbocycles. The van der Waals surface area contributed by atoms with Gasteiger partial charge in [0.1, 0.15) is 5.82 Å². The van der Waals surface area contributed by atoms with Crippen molar-refractivity contribution in [2.75, 3.05) is 31.6 Å². The highest BCUT2D eigenvalue weighted by Crippen LogP contribution is 2.89. The van der Waals surface area contributed by atoms with Crippen molar-refractivity contribution in [1.82, 2.24) is 9.88 Å². The average molecular weight is 490 g/mol. The van der Waals surface area contributed by atoms with E-state index in [4.69, 9.17) is 9.15 Å². The topological polar surface area (TPSA) is 75.9 Å². The quantitative estimate of drug-likeness (QED) is 0.558. The van der Waals surface area contributed by atoms with Gasteiger partial charge in [-0.1, -0.05) is 6.07 Å². The number of likely N-dealkylation sites (tertiary alicyclic amines) is 1. The molecule has 0 radical (unpaired) electrons. The first-order valence-corrected chi connectivity index (χ1v) is 13.5. The normalized spacial score (nSPS) is 36.6. The number of hydrogen-bond donors (Lipinski definition) is 0. The summed E-state index contributed by atoms with van der Waals surface area (Å²) in [6.07, 6.45) is 11.0. The lowest BCUT2D eigenvalue weighted by molar-refractivity contribution is -0.251. The Morgan fingerprint density at radius 3 is 2.64 bits per heavy atom. The van der Waals surface area contributed by atoms with Crippen LogP contribution in [0.4, 0.5) is 5.82 Å². The van der Waals surface area contributed by atoms with E-state index in [0.29, 0.717) is 11.6 Å². The van der Waals surface area contributed by atoms with Crippen LogP contribution in [0.1, 0.15) is 61.1 Å². The molecule has 1 amide bonds. The van der Waals surface area contributed by atoms with Gasteiger partial charge >= 0.3 is 5.97 Å². The fraction of sp³-hybridized carbons (Fsp3) is 0.621. The van der Waals surface area contributed by atoms with Gasteiger partial charge in [-0.3, -0.25) is 14.5 Å². The molecule has 2 bridgehead atoms. The number of hydrogen-bond acceptors (Lipinski definition) is 6. The van der Waals surface area contributed by atoms with Gasteiger partial charge in [-0.25, -0.2) is 4.98 Å². The number of ether oxygens (including phenoxy) is 1. The maximum absolute atomic E-state index is 13.4. The van der Waals surface area contributed by atoms with Crippen LogP contribution < -0.4 is 4.90 Å². The number of carbonyl (C=O) groups is 2. The molecule has 0 N–H and O–H groups in total. The molecular weight excluding hydrogens is 454 g/mol. The minimum absolute atomic E-state index is 0.0569. The van der Waals surface area contributed by atoms with Crippen LogP contribution in [-0.2, 0) is 9.53 Å². The van der Waals surface area contributed by atoms with Gasteiger partial charge in [0.15, 0.2) is 5.76 Å². The standard InChI is InChI=1S/C29H35N3O4/c1-19-5-6-24(30-15-19)32(25(33)23-4-3-11-36-23)22-7-9-31(10-8-22)18-27-13-20-12-21-14-28(16-27,26(34)35-2)29(20,21)17-27/h3-6,11,15,20-22H,7-10,12-14,16-18H2,1-2H3. The largest absolute Gasteiger partial charge is 0.469 e. The Hall–Kier alpha value is -2.67. The minimum atomic E-state index is -0.199. The van der Waals surface area contributed by atoms with Crippen LogP contribution in [0.2, 0.25) is 0 Å². The molecule has 2 aromatic heterocycles. The number of amides is 1. The van der Waals surface area contributed by atoms with Crippen LogP contribution in [0.15, 0.2) is 41.1 Å². The number of aryl methyl sites for hydroxylation is 1. The zero-order chi connectivity index (χ0) is 24.7. The first-order chi connectivity index (χ1) is 17.4. The summed E-state index contributed by atoms with van der Waals surface area (Å²) < 4.78 is 10.8. The first-order valence-electron chi connectivity index (χ1n) is 13.5. The number of anilines is 1. The molecule has 1 spiro atoms.